The SMILES string of the molecule is Cc1cc(CC2=C(O)CCCC2=O)c2ncccc2c1. The maximum Gasteiger partial charge on any atom is 0.162 e. The van der Waals surface area contributed by atoms with Crippen LogP contribution in [0.3, 0.4) is 0 Å². The lowest BCUT2D eigenvalue weighted by Crippen LogP contribution is -2.14. The van der Waals surface area contributed by atoms with Gasteiger partial charge in [-0.25, -0.2) is 0 Å². The molecular formula is C17H17NO2. The molecule has 0 radical (unpaired) electrons. The second kappa shape index (κ2) is 5.08. The van der Waals surface area contributed by atoms with Crippen molar-refractivity contribution in [3.63, 3.8) is 0 Å². The lowest BCUT2D eigenvalue weighted by molar-refractivity contribution is -0.116. The molecule has 3 heteroatoms. The van der Waals surface area contributed by atoms with Gasteiger partial charge in [-0.3, -0.25) is 9.78 Å². The zero-order chi connectivity index (χ0) is 14.1. The number of nitrogens with zero attached hydrogens (tertiary/aromatic N) is 1. The number of pyridine rings is 1. The van der Waals surface area contributed by atoms with E-state index in [9.17, 15) is 9.90 Å². The van der Waals surface area contributed by atoms with Crippen molar-refractivity contribution in [2.45, 2.75) is 32.6 Å². The van der Waals surface area contributed by atoms with E-state index in [1.54, 1.807) is 6.20 Å². The van der Waals surface area contributed by atoms with Crippen LogP contribution in [-0.4, -0.2) is 15.9 Å². The number of aliphatic hydroxyl groups excluding tert-OH is 1. The number of fused-ring (bicyclic) bond motifs is 1. The molecular weight excluding hydrogens is 250 g/mol. The van der Waals surface area contributed by atoms with Crippen LogP contribution in [0.2, 0.25) is 0 Å². The van der Waals surface area contributed by atoms with Gasteiger partial charge in [0.15, 0.2) is 5.78 Å². The standard InChI is InChI=1S/C17H17NO2/c1-11-8-12-4-3-7-18-17(12)13(9-11)10-14-15(19)5-2-6-16(14)20/h3-4,7-9,19H,2,5-6,10H2,1H3. The highest BCUT2D eigenvalue weighted by atomic mass is 16.3. The Bertz CT molecular complexity index is 716. The van der Waals surface area contributed by atoms with Crippen LogP contribution in [0, 0.1) is 6.92 Å². The van der Waals surface area contributed by atoms with Crippen LogP contribution in [0.1, 0.15) is 30.4 Å². The zero-order valence-electron chi connectivity index (χ0n) is 11.5. The molecule has 1 aliphatic rings. The minimum Gasteiger partial charge on any atom is -0.512 e. The van der Waals surface area contributed by atoms with E-state index in [4.69, 9.17) is 0 Å². The third-order valence-corrected chi connectivity index (χ3v) is 3.80. The second-order valence-electron chi connectivity index (χ2n) is 5.38. The van der Waals surface area contributed by atoms with Crippen LogP contribution in [0.15, 0.2) is 41.8 Å². The number of aryl methyl sites for hydroxylation is 1. The molecule has 20 heavy (non-hydrogen) atoms. The Kier molecular flexibility index (Phi) is 3.26. The number of rotatable bonds is 2. The number of allylic oxidation sites excluding steroid dienone is 2. The van der Waals surface area contributed by atoms with E-state index in [2.05, 4.69) is 17.1 Å². The molecule has 3 rings (SSSR count). The molecule has 0 aliphatic heterocycles. The summed E-state index contributed by atoms with van der Waals surface area (Å²) in [5.41, 5.74) is 3.63. The van der Waals surface area contributed by atoms with Gasteiger partial charge < -0.3 is 5.11 Å². The van der Waals surface area contributed by atoms with Gasteiger partial charge in [0.2, 0.25) is 0 Å². The Morgan fingerprint density at radius 3 is 2.95 bits per heavy atom. The van der Waals surface area contributed by atoms with Gasteiger partial charge in [-0.05, 0) is 31.0 Å². The van der Waals surface area contributed by atoms with Gasteiger partial charge >= 0.3 is 0 Å². The van der Waals surface area contributed by atoms with Crippen LogP contribution >= 0.6 is 0 Å². The summed E-state index contributed by atoms with van der Waals surface area (Å²) in [6, 6.07) is 8.07. The van der Waals surface area contributed by atoms with Crippen molar-refractivity contribution in [3.05, 3.63) is 52.9 Å². The molecule has 1 heterocycles. The van der Waals surface area contributed by atoms with Gasteiger partial charge in [0.05, 0.1) is 11.3 Å². The number of aliphatic hydroxyl groups is 1. The largest absolute Gasteiger partial charge is 0.512 e. The van der Waals surface area contributed by atoms with Gasteiger partial charge in [0.1, 0.15) is 0 Å². The molecule has 3 nitrogen and oxygen atoms in total. The van der Waals surface area contributed by atoms with E-state index < -0.39 is 0 Å². The highest BCUT2D eigenvalue weighted by Gasteiger charge is 2.21. The normalized spacial score (nSPS) is 15.9. The summed E-state index contributed by atoms with van der Waals surface area (Å²) in [5.74, 6) is 0.325. The minimum absolute atomic E-state index is 0.0688. The summed E-state index contributed by atoms with van der Waals surface area (Å²) >= 11 is 0. The first-order chi connectivity index (χ1) is 9.65. The van der Waals surface area contributed by atoms with Crippen molar-refractivity contribution in [1.29, 1.82) is 0 Å². The highest BCUT2D eigenvalue weighted by molar-refractivity contribution is 5.97. The number of Topliss-reactive ketones (excluding diaryl/α,β-unsaturated/α-hetero) is 1. The maximum atomic E-state index is 12.0. The lowest BCUT2D eigenvalue weighted by atomic mass is 9.90. The quantitative estimate of drug-likeness (QED) is 0.903. The number of aromatic nitrogens is 1. The number of carbonyl (C=O) groups excluding carboxylic acids is 1. The number of ketones is 1. The smallest absolute Gasteiger partial charge is 0.162 e. The molecule has 0 saturated heterocycles. The summed E-state index contributed by atoms with van der Waals surface area (Å²) in [6.07, 6.45) is 4.13. The molecule has 0 amide bonds. The van der Waals surface area contributed by atoms with E-state index in [-0.39, 0.29) is 11.5 Å². The van der Waals surface area contributed by atoms with Gasteiger partial charge in [-0.2, -0.15) is 0 Å². The van der Waals surface area contributed by atoms with Gasteiger partial charge in [-0.1, -0.05) is 17.7 Å². The van der Waals surface area contributed by atoms with Crippen molar-refractivity contribution in [2.75, 3.05) is 0 Å². The van der Waals surface area contributed by atoms with Crippen molar-refractivity contribution >= 4 is 16.7 Å². The average molecular weight is 267 g/mol. The number of hydrogen-bond acceptors (Lipinski definition) is 3. The Balaban J connectivity index is 2.09. The van der Waals surface area contributed by atoms with Crippen LogP contribution in [0.25, 0.3) is 10.9 Å². The first-order valence-electron chi connectivity index (χ1n) is 6.93. The van der Waals surface area contributed by atoms with Gasteiger partial charge in [0, 0.05) is 36.4 Å². The summed E-state index contributed by atoms with van der Waals surface area (Å²) in [4.78, 5) is 16.4. The fourth-order valence-electron chi connectivity index (χ4n) is 2.84. The fourth-order valence-corrected chi connectivity index (χ4v) is 2.84. The van der Waals surface area contributed by atoms with Crippen LogP contribution in [0.4, 0.5) is 0 Å². The molecule has 0 saturated carbocycles. The Hall–Kier alpha value is -2.16. The number of benzene rings is 1. The van der Waals surface area contributed by atoms with Crippen molar-refractivity contribution in [1.82, 2.24) is 4.98 Å². The Labute approximate surface area is 118 Å². The van der Waals surface area contributed by atoms with E-state index in [0.717, 1.165) is 28.5 Å². The van der Waals surface area contributed by atoms with Crippen molar-refractivity contribution in [3.8, 4) is 0 Å². The molecule has 0 bridgehead atoms. The lowest BCUT2D eigenvalue weighted by Gasteiger charge is -2.16. The molecule has 0 fully saturated rings. The summed E-state index contributed by atoms with van der Waals surface area (Å²) < 4.78 is 0. The molecule has 102 valence electrons. The van der Waals surface area contributed by atoms with Crippen LogP contribution in [0.5, 0.6) is 0 Å². The Morgan fingerprint density at radius 2 is 2.15 bits per heavy atom. The van der Waals surface area contributed by atoms with E-state index >= 15 is 0 Å². The van der Waals surface area contributed by atoms with Crippen LogP contribution in [-0.2, 0) is 11.2 Å². The molecule has 1 aromatic heterocycles. The molecule has 0 atom stereocenters. The fraction of sp³-hybridized carbons (Fsp3) is 0.294. The minimum atomic E-state index is 0.0688. The summed E-state index contributed by atoms with van der Waals surface area (Å²) in [5, 5.41) is 11.1. The topological polar surface area (TPSA) is 50.2 Å². The molecule has 0 spiro atoms. The second-order valence-corrected chi connectivity index (χ2v) is 5.38. The first-order valence-corrected chi connectivity index (χ1v) is 6.93. The van der Waals surface area contributed by atoms with E-state index in [1.165, 1.54) is 0 Å². The summed E-state index contributed by atoms with van der Waals surface area (Å²) in [6.45, 7) is 2.03. The predicted molar refractivity (Wildman–Crippen MR) is 78.7 cm³/mol. The van der Waals surface area contributed by atoms with Gasteiger partial charge in [0.25, 0.3) is 0 Å². The summed E-state index contributed by atoms with van der Waals surface area (Å²) in [7, 11) is 0. The van der Waals surface area contributed by atoms with Gasteiger partial charge in [-0.15, -0.1) is 0 Å². The molecule has 0 unspecified atom stereocenters. The molecule has 1 aliphatic carbocycles. The molecule has 1 aromatic carbocycles. The van der Waals surface area contributed by atoms with E-state index in [0.29, 0.717) is 24.8 Å². The average Bonchev–Trinajstić information content (AvgIpc) is 2.42. The molecule has 2 aromatic rings. The Morgan fingerprint density at radius 1 is 1.30 bits per heavy atom. The number of hydrogen-bond donors (Lipinski definition) is 1. The van der Waals surface area contributed by atoms with Crippen LogP contribution < -0.4 is 0 Å². The first kappa shape index (κ1) is 12.9. The monoisotopic (exact) mass is 267 g/mol. The third kappa shape index (κ3) is 2.31. The zero-order valence-corrected chi connectivity index (χ0v) is 11.5. The highest BCUT2D eigenvalue weighted by Crippen LogP contribution is 2.27. The third-order valence-electron chi connectivity index (χ3n) is 3.80. The number of carbonyl (C=O) groups is 1. The van der Waals surface area contributed by atoms with E-state index in [1.807, 2.05) is 19.1 Å². The molecule has 1 N–H and O–H groups in total. The predicted octanol–water partition coefficient (Wildman–Crippen LogP) is 3.65. The van der Waals surface area contributed by atoms with Crippen molar-refractivity contribution < 1.29 is 9.90 Å². The van der Waals surface area contributed by atoms with Crippen molar-refractivity contribution in [2.24, 2.45) is 0 Å². The maximum absolute atomic E-state index is 12.0.